The van der Waals surface area contributed by atoms with Gasteiger partial charge in [0.1, 0.15) is 22.8 Å². The average Bonchev–Trinajstić information content (AvgIpc) is 3.41. The zero-order valence-corrected chi connectivity index (χ0v) is 19.2. The Balaban J connectivity index is 1.18. The quantitative estimate of drug-likeness (QED) is 0.413. The molecule has 0 aromatic carbocycles. The van der Waals surface area contributed by atoms with Crippen molar-refractivity contribution in [3.05, 3.63) is 54.1 Å². The van der Waals surface area contributed by atoms with Crippen molar-refractivity contribution < 1.29 is 13.9 Å². The fourth-order valence-corrected chi connectivity index (χ4v) is 5.20. The highest BCUT2D eigenvalue weighted by atomic mass is 32.2. The number of nitrogens with zero attached hydrogens (tertiary/aromatic N) is 4. The highest BCUT2D eigenvalue weighted by Crippen LogP contribution is 2.32. The summed E-state index contributed by atoms with van der Waals surface area (Å²) in [4.78, 5) is 25.8. The number of amides is 1. The molecule has 3 aromatic heterocycles. The number of piperidine rings is 1. The van der Waals surface area contributed by atoms with Gasteiger partial charge in [-0.1, -0.05) is 0 Å². The minimum Gasteiger partial charge on any atom is -0.458 e. The SMILES string of the molecule is C=C(Oc1cnc2cc(CN3CCC(N4CCCC4=O)CC3)oc2c1)Sc1cccnc1N. The Labute approximate surface area is 196 Å². The van der Waals surface area contributed by atoms with E-state index < -0.39 is 0 Å². The summed E-state index contributed by atoms with van der Waals surface area (Å²) in [5, 5.41) is 0.474. The van der Waals surface area contributed by atoms with Crippen LogP contribution < -0.4 is 10.5 Å². The Hall–Kier alpha value is -3.04. The monoisotopic (exact) mass is 465 g/mol. The number of rotatable bonds is 7. The topological polar surface area (TPSA) is 97.7 Å². The summed E-state index contributed by atoms with van der Waals surface area (Å²) >= 11 is 1.31. The van der Waals surface area contributed by atoms with Gasteiger partial charge in [-0.25, -0.2) is 9.97 Å². The number of fused-ring (bicyclic) bond motifs is 1. The van der Waals surface area contributed by atoms with Crippen LogP contribution in [0.1, 0.15) is 31.4 Å². The molecule has 2 fully saturated rings. The molecule has 0 atom stereocenters. The first-order valence-electron chi connectivity index (χ1n) is 11.2. The van der Waals surface area contributed by atoms with Gasteiger partial charge in [0.25, 0.3) is 0 Å². The third kappa shape index (κ3) is 4.99. The summed E-state index contributed by atoms with van der Waals surface area (Å²) in [6.45, 7) is 7.53. The van der Waals surface area contributed by atoms with Crippen LogP contribution >= 0.6 is 11.8 Å². The van der Waals surface area contributed by atoms with Crippen molar-refractivity contribution in [1.82, 2.24) is 19.8 Å². The van der Waals surface area contributed by atoms with Gasteiger partial charge in [-0.05, 0) is 49.7 Å². The molecular formula is C24H27N5O3S. The number of anilines is 1. The van der Waals surface area contributed by atoms with Gasteiger partial charge in [0.15, 0.2) is 10.7 Å². The first kappa shape index (κ1) is 21.8. The standard InChI is InChI=1S/C24H27N5O3S/c1-16(33-22-4-2-8-26-24(22)25)31-18-13-21-20(27-14-18)12-19(32-21)15-28-10-6-17(7-11-28)29-9-3-5-23(29)30/h2,4,8,12-14,17H,1,3,5-7,9-11,15H2,(H2,25,26). The second-order valence-corrected chi connectivity index (χ2v) is 9.53. The minimum atomic E-state index is 0.319. The highest BCUT2D eigenvalue weighted by molar-refractivity contribution is 8.03. The maximum Gasteiger partial charge on any atom is 0.222 e. The number of hydrogen-bond donors (Lipinski definition) is 1. The number of ether oxygens (including phenoxy) is 1. The Morgan fingerprint density at radius 2 is 2.12 bits per heavy atom. The van der Waals surface area contributed by atoms with Gasteiger partial charge in [-0.2, -0.15) is 0 Å². The molecule has 0 unspecified atom stereocenters. The van der Waals surface area contributed by atoms with Crippen molar-refractivity contribution in [2.24, 2.45) is 0 Å². The van der Waals surface area contributed by atoms with Gasteiger partial charge in [-0.3, -0.25) is 9.69 Å². The van der Waals surface area contributed by atoms with E-state index in [-0.39, 0.29) is 0 Å². The molecule has 5 rings (SSSR count). The molecule has 2 aliphatic rings. The first-order chi connectivity index (χ1) is 16.0. The summed E-state index contributed by atoms with van der Waals surface area (Å²) in [6, 6.07) is 7.89. The van der Waals surface area contributed by atoms with Crippen molar-refractivity contribution in [2.75, 3.05) is 25.4 Å². The van der Waals surface area contributed by atoms with E-state index in [1.807, 2.05) is 24.3 Å². The lowest BCUT2D eigenvalue weighted by Crippen LogP contribution is -2.45. The van der Waals surface area contributed by atoms with Gasteiger partial charge in [0.2, 0.25) is 5.91 Å². The molecule has 9 heteroatoms. The maximum atomic E-state index is 12.0. The predicted molar refractivity (Wildman–Crippen MR) is 128 cm³/mol. The average molecular weight is 466 g/mol. The summed E-state index contributed by atoms with van der Waals surface area (Å²) in [5.74, 6) is 2.19. The van der Waals surface area contributed by atoms with Crippen LogP contribution in [0, 0.1) is 0 Å². The van der Waals surface area contributed by atoms with Gasteiger partial charge in [0.05, 0.1) is 17.6 Å². The minimum absolute atomic E-state index is 0.319. The molecule has 0 spiro atoms. The van der Waals surface area contributed by atoms with Crippen molar-refractivity contribution in [1.29, 1.82) is 0 Å². The molecule has 1 amide bonds. The summed E-state index contributed by atoms with van der Waals surface area (Å²) in [5.41, 5.74) is 7.36. The van der Waals surface area contributed by atoms with E-state index in [4.69, 9.17) is 14.9 Å². The van der Waals surface area contributed by atoms with Crippen molar-refractivity contribution in [3.8, 4) is 5.75 Å². The molecule has 2 N–H and O–H groups in total. The van der Waals surface area contributed by atoms with E-state index >= 15 is 0 Å². The first-order valence-corrected chi connectivity index (χ1v) is 12.0. The van der Waals surface area contributed by atoms with Gasteiger partial charge in [0, 0.05) is 50.4 Å². The van der Waals surface area contributed by atoms with E-state index in [2.05, 4.69) is 26.3 Å². The van der Waals surface area contributed by atoms with Crippen LogP contribution in [0.25, 0.3) is 11.1 Å². The number of hydrogen-bond acceptors (Lipinski definition) is 8. The third-order valence-electron chi connectivity index (χ3n) is 6.14. The summed E-state index contributed by atoms with van der Waals surface area (Å²) < 4.78 is 11.9. The van der Waals surface area contributed by atoms with Crippen molar-refractivity contribution >= 4 is 34.6 Å². The van der Waals surface area contributed by atoms with Crippen molar-refractivity contribution in [3.63, 3.8) is 0 Å². The van der Waals surface area contributed by atoms with E-state index in [0.29, 0.717) is 40.6 Å². The fourth-order valence-electron chi connectivity index (χ4n) is 4.51. The summed E-state index contributed by atoms with van der Waals surface area (Å²) in [6.07, 6.45) is 7.05. The molecule has 5 heterocycles. The smallest absolute Gasteiger partial charge is 0.222 e. The molecule has 0 bridgehead atoms. The van der Waals surface area contributed by atoms with E-state index in [0.717, 1.165) is 61.6 Å². The molecule has 172 valence electrons. The Morgan fingerprint density at radius 3 is 2.88 bits per heavy atom. The normalized spacial score (nSPS) is 17.7. The zero-order chi connectivity index (χ0) is 22.8. The number of nitrogens with two attached hydrogens (primary N) is 1. The predicted octanol–water partition coefficient (Wildman–Crippen LogP) is 4.03. The number of nitrogen functional groups attached to an aromatic ring is 1. The second-order valence-electron chi connectivity index (χ2n) is 8.43. The summed E-state index contributed by atoms with van der Waals surface area (Å²) in [7, 11) is 0. The highest BCUT2D eigenvalue weighted by Gasteiger charge is 2.30. The lowest BCUT2D eigenvalue weighted by atomic mass is 10.0. The Morgan fingerprint density at radius 1 is 1.27 bits per heavy atom. The number of aromatic nitrogens is 2. The molecule has 8 nitrogen and oxygen atoms in total. The molecule has 33 heavy (non-hydrogen) atoms. The fraction of sp³-hybridized carbons (Fsp3) is 0.375. The largest absolute Gasteiger partial charge is 0.458 e. The lowest BCUT2D eigenvalue weighted by Gasteiger charge is -2.36. The number of carbonyl (C=O) groups excluding carboxylic acids is 1. The van der Waals surface area contributed by atoms with Crippen LogP contribution in [0.2, 0.25) is 0 Å². The number of likely N-dealkylation sites (tertiary alicyclic amines) is 2. The van der Waals surface area contributed by atoms with Crippen LogP contribution in [0.5, 0.6) is 5.75 Å². The molecule has 2 aliphatic heterocycles. The van der Waals surface area contributed by atoms with Gasteiger partial charge >= 0.3 is 0 Å². The van der Waals surface area contributed by atoms with E-state index in [9.17, 15) is 4.79 Å². The number of carbonyl (C=O) groups is 1. The zero-order valence-electron chi connectivity index (χ0n) is 18.4. The molecule has 0 saturated carbocycles. The van der Waals surface area contributed by atoms with Gasteiger partial charge in [-0.15, -0.1) is 0 Å². The molecule has 0 aliphatic carbocycles. The molecular weight excluding hydrogens is 438 g/mol. The van der Waals surface area contributed by atoms with Crippen LogP contribution in [0.3, 0.4) is 0 Å². The Kier molecular flexibility index (Phi) is 6.24. The second kappa shape index (κ2) is 9.44. The number of thioether (sulfide) groups is 1. The molecule has 0 radical (unpaired) electrons. The Bertz CT molecular complexity index is 1170. The van der Waals surface area contributed by atoms with E-state index in [1.54, 1.807) is 12.4 Å². The number of furan rings is 1. The van der Waals surface area contributed by atoms with Crippen LogP contribution in [0.4, 0.5) is 5.82 Å². The van der Waals surface area contributed by atoms with Crippen LogP contribution in [0.15, 0.2) is 57.6 Å². The van der Waals surface area contributed by atoms with Crippen LogP contribution in [-0.2, 0) is 11.3 Å². The molecule has 3 aromatic rings. The third-order valence-corrected chi connectivity index (χ3v) is 7.01. The van der Waals surface area contributed by atoms with Crippen molar-refractivity contribution in [2.45, 2.75) is 43.2 Å². The van der Waals surface area contributed by atoms with Crippen LogP contribution in [-0.4, -0.2) is 51.4 Å². The van der Waals surface area contributed by atoms with Gasteiger partial charge < -0.3 is 19.8 Å². The molecule has 2 saturated heterocycles. The maximum absolute atomic E-state index is 12.0. The lowest BCUT2D eigenvalue weighted by molar-refractivity contribution is -0.130. The van der Waals surface area contributed by atoms with E-state index in [1.165, 1.54) is 11.8 Å². The number of pyridine rings is 2.